The Hall–Kier alpha value is -0.673. The van der Waals surface area contributed by atoms with Crippen molar-refractivity contribution >= 4 is 25.3 Å². The van der Waals surface area contributed by atoms with Crippen molar-refractivity contribution < 1.29 is 0 Å². The lowest BCUT2D eigenvalue weighted by Crippen LogP contribution is -2.39. The van der Waals surface area contributed by atoms with Gasteiger partial charge in [-0.05, 0) is 13.0 Å². The minimum Gasteiger partial charge on any atom is -0.379 e. The number of aryl methyl sites for hydroxylation is 1. The lowest BCUT2D eigenvalue weighted by molar-refractivity contribution is 1.09. The number of rotatable bonds is 3. The predicted octanol–water partition coefficient (Wildman–Crippen LogP) is 3.14. The van der Waals surface area contributed by atoms with Crippen LogP contribution in [0.4, 0.5) is 0 Å². The van der Waals surface area contributed by atoms with Gasteiger partial charge in [0.25, 0.3) is 0 Å². The Kier molecular flexibility index (Phi) is 4.05. The normalized spacial score (nSPS) is 11.2. The van der Waals surface area contributed by atoms with Gasteiger partial charge in [0.2, 0.25) is 0 Å². The summed E-state index contributed by atoms with van der Waals surface area (Å²) in [6.45, 7) is 9.08. The molecule has 0 spiro atoms. The zero-order chi connectivity index (χ0) is 11.5. The number of nitrogens with one attached hydrogen (secondary N) is 1. The van der Waals surface area contributed by atoms with Crippen molar-refractivity contribution in [3.05, 3.63) is 35.4 Å². The van der Waals surface area contributed by atoms with Gasteiger partial charge in [0.05, 0.1) is 8.07 Å². The molecule has 0 aliphatic rings. The number of hydrogen-bond acceptors (Lipinski definition) is 1. The SMILES string of the molecule is Cc1cccc(C(=S)NC[Si](C)(C)C)c1. The average Bonchev–Trinajstić information content (AvgIpc) is 2.13. The maximum absolute atomic E-state index is 5.36. The van der Waals surface area contributed by atoms with E-state index < -0.39 is 8.07 Å². The third-order valence-electron chi connectivity index (χ3n) is 2.06. The molecule has 0 amide bonds. The fourth-order valence-electron chi connectivity index (χ4n) is 1.23. The maximum Gasteiger partial charge on any atom is 0.106 e. The van der Waals surface area contributed by atoms with Crippen molar-refractivity contribution in [3.8, 4) is 0 Å². The monoisotopic (exact) mass is 237 g/mol. The summed E-state index contributed by atoms with van der Waals surface area (Å²) >= 11 is 5.36. The molecule has 0 heterocycles. The number of hydrogen-bond donors (Lipinski definition) is 1. The van der Waals surface area contributed by atoms with E-state index in [0.29, 0.717) is 0 Å². The van der Waals surface area contributed by atoms with Gasteiger partial charge in [-0.25, -0.2) is 0 Å². The fourth-order valence-corrected chi connectivity index (χ4v) is 2.27. The van der Waals surface area contributed by atoms with Gasteiger partial charge in [-0.15, -0.1) is 0 Å². The Morgan fingerprint density at radius 1 is 1.33 bits per heavy atom. The van der Waals surface area contributed by atoms with Crippen LogP contribution in [0, 0.1) is 6.92 Å². The zero-order valence-electron chi connectivity index (χ0n) is 9.92. The summed E-state index contributed by atoms with van der Waals surface area (Å²) in [4.78, 5) is 0.876. The molecule has 1 rings (SSSR count). The van der Waals surface area contributed by atoms with E-state index in [9.17, 15) is 0 Å². The van der Waals surface area contributed by atoms with Crippen LogP contribution >= 0.6 is 12.2 Å². The Bertz CT molecular complexity index is 355. The van der Waals surface area contributed by atoms with Crippen molar-refractivity contribution in [2.45, 2.75) is 26.6 Å². The van der Waals surface area contributed by atoms with Crippen molar-refractivity contribution in [1.82, 2.24) is 5.32 Å². The second kappa shape index (κ2) is 4.90. The van der Waals surface area contributed by atoms with Crippen LogP contribution < -0.4 is 5.32 Å². The lowest BCUT2D eigenvalue weighted by atomic mass is 10.1. The molecule has 0 radical (unpaired) electrons. The van der Waals surface area contributed by atoms with Crippen LogP contribution in [0.25, 0.3) is 0 Å². The van der Waals surface area contributed by atoms with Gasteiger partial charge in [-0.2, -0.15) is 0 Å². The molecule has 0 unspecified atom stereocenters. The highest BCUT2D eigenvalue weighted by Crippen LogP contribution is 2.05. The van der Waals surface area contributed by atoms with Gasteiger partial charge < -0.3 is 5.32 Å². The second-order valence-electron chi connectivity index (χ2n) is 5.11. The molecule has 0 atom stereocenters. The highest BCUT2D eigenvalue weighted by atomic mass is 32.1. The molecule has 0 fully saturated rings. The molecule has 0 aromatic heterocycles. The van der Waals surface area contributed by atoms with Gasteiger partial charge in [-0.3, -0.25) is 0 Å². The average molecular weight is 237 g/mol. The molecule has 0 aliphatic carbocycles. The maximum atomic E-state index is 5.36. The standard InChI is InChI=1S/C12H19NSSi/c1-10-6-5-7-11(8-10)12(14)13-9-15(2,3)4/h5-8H,9H2,1-4H3,(H,13,14). The van der Waals surface area contributed by atoms with Crippen LogP contribution in [-0.4, -0.2) is 19.2 Å². The van der Waals surface area contributed by atoms with Gasteiger partial charge in [0, 0.05) is 11.7 Å². The summed E-state index contributed by atoms with van der Waals surface area (Å²) in [6.07, 6.45) is 1.04. The van der Waals surface area contributed by atoms with Crippen molar-refractivity contribution in [2.24, 2.45) is 0 Å². The molecule has 15 heavy (non-hydrogen) atoms. The summed E-state index contributed by atoms with van der Waals surface area (Å²) in [5.74, 6) is 0. The van der Waals surface area contributed by atoms with Gasteiger partial charge in [0.1, 0.15) is 4.99 Å². The van der Waals surface area contributed by atoms with Crippen LogP contribution in [0.3, 0.4) is 0 Å². The largest absolute Gasteiger partial charge is 0.379 e. The summed E-state index contributed by atoms with van der Waals surface area (Å²) in [5, 5.41) is 3.36. The smallest absolute Gasteiger partial charge is 0.106 e. The first-order chi connectivity index (χ1) is 6.88. The first-order valence-electron chi connectivity index (χ1n) is 5.23. The minimum absolute atomic E-state index is 0.876. The molecule has 0 aliphatic heterocycles. The molecule has 1 aromatic rings. The molecule has 0 saturated heterocycles. The van der Waals surface area contributed by atoms with E-state index in [2.05, 4.69) is 50.1 Å². The summed E-state index contributed by atoms with van der Waals surface area (Å²) in [5.41, 5.74) is 2.38. The summed E-state index contributed by atoms with van der Waals surface area (Å²) < 4.78 is 0. The molecular weight excluding hydrogens is 218 g/mol. The fraction of sp³-hybridized carbons (Fsp3) is 0.417. The van der Waals surface area contributed by atoms with Crippen molar-refractivity contribution in [3.63, 3.8) is 0 Å². The first-order valence-corrected chi connectivity index (χ1v) is 9.35. The van der Waals surface area contributed by atoms with E-state index in [1.54, 1.807) is 0 Å². The summed E-state index contributed by atoms with van der Waals surface area (Å²) in [6, 6.07) is 8.32. The molecule has 0 bridgehead atoms. The van der Waals surface area contributed by atoms with Gasteiger partial charge in [0.15, 0.2) is 0 Å². The topological polar surface area (TPSA) is 12.0 Å². The van der Waals surface area contributed by atoms with Crippen LogP contribution in [0.1, 0.15) is 11.1 Å². The third-order valence-corrected chi connectivity index (χ3v) is 3.68. The van der Waals surface area contributed by atoms with Crippen LogP contribution in [0.2, 0.25) is 19.6 Å². The first kappa shape index (κ1) is 12.4. The lowest BCUT2D eigenvalue weighted by Gasteiger charge is -2.18. The van der Waals surface area contributed by atoms with Crippen molar-refractivity contribution in [1.29, 1.82) is 0 Å². The Morgan fingerprint density at radius 2 is 2.00 bits per heavy atom. The Morgan fingerprint density at radius 3 is 2.53 bits per heavy atom. The third kappa shape index (κ3) is 4.58. The van der Waals surface area contributed by atoms with E-state index >= 15 is 0 Å². The summed E-state index contributed by atoms with van der Waals surface area (Å²) in [7, 11) is -1.07. The van der Waals surface area contributed by atoms with E-state index in [0.717, 1.165) is 16.7 Å². The van der Waals surface area contributed by atoms with Crippen LogP contribution in [0.15, 0.2) is 24.3 Å². The molecular formula is C12H19NSSi. The Balaban J connectivity index is 2.62. The van der Waals surface area contributed by atoms with E-state index in [1.807, 2.05) is 6.07 Å². The number of thiocarbonyl (C=S) groups is 1. The molecule has 1 aromatic carbocycles. The molecule has 0 saturated carbocycles. The molecule has 3 heteroatoms. The van der Waals surface area contributed by atoms with E-state index in [1.165, 1.54) is 5.56 Å². The predicted molar refractivity (Wildman–Crippen MR) is 74.2 cm³/mol. The van der Waals surface area contributed by atoms with E-state index in [-0.39, 0.29) is 0 Å². The minimum atomic E-state index is -1.07. The van der Waals surface area contributed by atoms with Gasteiger partial charge in [-0.1, -0.05) is 55.6 Å². The number of benzene rings is 1. The molecule has 82 valence electrons. The highest BCUT2D eigenvalue weighted by Gasteiger charge is 2.13. The highest BCUT2D eigenvalue weighted by molar-refractivity contribution is 7.80. The quantitative estimate of drug-likeness (QED) is 0.640. The van der Waals surface area contributed by atoms with Crippen LogP contribution in [0.5, 0.6) is 0 Å². The molecule has 1 nitrogen and oxygen atoms in total. The van der Waals surface area contributed by atoms with Crippen molar-refractivity contribution in [2.75, 3.05) is 6.17 Å². The second-order valence-corrected chi connectivity index (χ2v) is 11.0. The van der Waals surface area contributed by atoms with Gasteiger partial charge >= 0.3 is 0 Å². The zero-order valence-corrected chi connectivity index (χ0v) is 11.7. The van der Waals surface area contributed by atoms with Crippen LogP contribution in [-0.2, 0) is 0 Å². The Labute approximate surface area is 98.9 Å². The van der Waals surface area contributed by atoms with E-state index in [4.69, 9.17) is 12.2 Å². The molecule has 1 N–H and O–H groups in total.